The summed E-state index contributed by atoms with van der Waals surface area (Å²) in [6.07, 6.45) is 6.87. The van der Waals surface area contributed by atoms with Gasteiger partial charge >= 0.3 is 0 Å². The van der Waals surface area contributed by atoms with Crippen molar-refractivity contribution in [2.24, 2.45) is 0 Å². The van der Waals surface area contributed by atoms with Crippen molar-refractivity contribution in [3.8, 4) is 39.7 Å². The van der Waals surface area contributed by atoms with Crippen molar-refractivity contribution in [1.82, 2.24) is 15.0 Å². The highest BCUT2D eigenvalue weighted by Crippen LogP contribution is 2.37. The fourth-order valence-electron chi connectivity index (χ4n) is 4.53. The Bertz CT molecular complexity index is 1670. The van der Waals surface area contributed by atoms with Gasteiger partial charge in [0.05, 0.1) is 0 Å². The van der Waals surface area contributed by atoms with Crippen LogP contribution in [0.1, 0.15) is 12.2 Å². The maximum Gasteiger partial charge on any atom is 0.164 e. The molecular weight excluding hydrogens is 442 g/mol. The van der Waals surface area contributed by atoms with E-state index >= 15 is 0 Å². The topological polar surface area (TPSA) is 58.9 Å². The van der Waals surface area contributed by atoms with Gasteiger partial charge in [0.1, 0.15) is 5.75 Å². The summed E-state index contributed by atoms with van der Waals surface area (Å²) < 4.78 is 0. The van der Waals surface area contributed by atoms with Gasteiger partial charge < -0.3 is 5.11 Å². The van der Waals surface area contributed by atoms with Crippen LogP contribution in [0, 0.1) is 0 Å². The summed E-state index contributed by atoms with van der Waals surface area (Å²) in [5.74, 6) is 2.08. The number of hydrogen-bond donors (Lipinski definition) is 1. The Hall–Kier alpha value is -4.83. The molecule has 36 heavy (non-hydrogen) atoms. The molecule has 6 rings (SSSR count). The maximum atomic E-state index is 10.7. The molecule has 0 saturated heterocycles. The number of fused-ring (bicyclic) bond motifs is 1. The smallest absolute Gasteiger partial charge is 0.164 e. The third kappa shape index (κ3) is 3.99. The maximum absolute atomic E-state index is 10.7. The van der Waals surface area contributed by atoms with Gasteiger partial charge in [-0.1, -0.05) is 110 Å². The summed E-state index contributed by atoms with van der Waals surface area (Å²) >= 11 is 0. The van der Waals surface area contributed by atoms with E-state index in [9.17, 15) is 5.11 Å². The molecule has 0 unspecified atom stereocenters. The highest BCUT2D eigenvalue weighted by atomic mass is 16.3. The van der Waals surface area contributed by atoms with Crippen LogP contribution in [0.5, 0.6) is 5.75 Å². The van der Waals surface area contributed by atoms with Crippen LogP contribution in [0.3, 0.4) is 0 Å². The summed E-state index contributed by atoms with van der Waals surface area (Å²) in [7, 11) is 0. The normalized spacial score (nSPS) is 13.1. The Morgan fingerprint density at radius 3 is 2.03 bits per heavy atom. The molecule has 1 N–H and O–H groups in total. The summed E-state index contributed by atoms with van der Waals surface area (Å²) in [5, 5.41) is 12.8. The summed E-state index contributed by atoms with van der Waals surface area (Å²) in [5.41, 5.74) is 5.45. The lowest BCUT2D eigenvalue weighted by atomic mass is 9.96. The average molecular weight is 466 g/mol. The zero-order valence-electron chi connectivity index (χ0n) is 19.6. The van der Waals surface area contributed by atoms with Gasteiger partial charge in [0.15, 0.2) is 17.5 Å². The number of hydrogen-bond acceptors (Lipinski definition) is 4. The van der Waals surface area contributed by atoms with Crippen LogP contribution in [-0.2, 0) is 0 Å². The van der Waals surface area contributed by atoms with Crippen LogP contribution in [-0.4, -0.2) is 20.1 Å². The van der Waals surface area contributed by atoms with Gasteiger partial charge in [-0.3, -0.25) is 0 Å². The molecule has 0 radical (unpaired) electrons. The molecule has 0 fully saturated rings. The van der Waals surface area contributed by atoms with Crippen molar-refractivity contribution in [3.63, 3.8) is 0 Å². The Morgan fingerprint density at radius 1 is 0.639 bits per heavy atom. The van der Waals surface area contributed by atoms with Crippen molar-refractivity contribution in [2.75, 3.05) is 0 Å². The van der Waals surface area contributed by atoms with Gasteiger partial charge in [0.2, 0.25) is 0 Å². The molecule has 1 aliphatic rings. The van der Waals surface area contributed by atoms with Crippen LogP contribution < -0.4 is 0 Å². The molecule has 4 heteroatoms. The number of aromatic nitrogens is 3. The monoisotopic (exact) mass is 465 g/mol. The van der Waals surface area contributed by atoms with Crippen molar-refractivity contribution in [2.45, 2.75) is 6.42 Å². The third-order valence-corrected chi connectivity index (χ3v) is 6.39. The molecule has 4 aromatic carbocycles. The lowest BCUT2D eigenvalue weighted by molar-refractivity contribution is 0.478. The molecular formula is C32H23N3O. The second-order valence-corrected chi connectivity index (χ2v) is 8.75. The Labute approximate surface area is 209 Å². The minimum absolute atomic E-state index is 0.256. The molecule has 0 bridgehead atoms. The van der Waals surface area contributed by atoms with E-state index in [1.54, 1.807) is 6.07 Å². The van der Waals surface area contributed by atoms with Crippen molar-refractivity contribution >= 4 is 16.3 Å². The first-order valence-corrected chi connectivity index (χ1v) is 11.9. The number of rotatable bonds is 4. The summed E-state index contributed by atoms with van der Waals surface area (Å²) in [6.45, 7) is 4.21. The third-order valence-electron chi connectivity index (χ3n) is 6.39. The Balaban J connectivity index is 1.47. The lowest BCUT2D eigenvalue weighted by Gasteiger charge is -2.14. The Kier molecular flexibility index (Phi) is 5.47. The first-order chi connectivity index (χ1) is 17.7. The molecule has 1 aromatic heterocycles. The van der Waals surface area contributed by atoms with E-state index in [-0.39, 0.29) is 5.75 Å². The van der Waals surface area contributed by atoms with Crippen molar-refractivity contribution in [3.05, 3.63) is 127 Å². The van der Waals surface area contributed by atoms with E-state index in [2.05, 4.69) is 12.7 Å². The number of allylic oxidation sites excluding steroid dienone is 5. The highest BCUT2D eigenvalue weighted by molar-refractivity contribution is 5.99. The number of phenols is 1. The first-order valence-electron chi connectivity index (χ1n) is 11.9. The standard InChI is InChI=1S/C32H23N3O/c1-21-9-5-7-13-26(21)32-34-30(24-11-3-2-4-12-24)33-31(35-32)25-17-15-23(16-18-25)29-27-14-8-6-10-22(27)19-20-28(29)36/h2-8,10-20,36H,1,9H2. The van der Waals surface area contributed by atoms with E-state index in [1.165, 1.54) is 0 Å². The minimum Gasteiger partial charge on any atom is -0.507 e. The van der Waals surface area contributed by atoms with Gasteiger partial charge in [-0.15, -0.1) is 0 Å². The van der Waals surface area contributed by atoms with Crippen LogP contribution in [0.4, 0.5) is 0 Å². The number of phenolic OH excluding ortho intramolecular Hbond substituents is 1. The van der Waals surface area contributed by atoms with Crippen LogP contribution in [0.2, 0.25) is 0 Å². The van der Waals surface area contributed by atoms with Gasteiger partial charge in [-0.2, -0.15) is 0 Å². The number of nitrogens with zero attached hydrogens (tertiary/aromatic N) is 3. The quantitative estimate of drug-likeness (QED) is 0.296. The molecule has 4 nitrogen and oxygen atoms in total. The van der Waals surface area contributed by atoms with E-state index in [0.29, 0.717) is 17.5 Å². The van der Waals surface area contributed by atoms with Gasteiger partial charge in [-0.05, 0) is 34.4 Å². The molecule has 172 valence electrons. The fourth-order valence-corrected chi connectivity index (χ4v) is 4.53. The molecule has 0 aliphatic heterocycles. The Morgan fingerprint density at radius 2 is 1.28 bits per heavy atom. The molecule has 0 saturated carbocycles. The zero-order valence-corrected chi connectivity index (χ0v) is 19.6. The molecule has 0 atom stereocenters. The molecule has 0 amide bonds. The second kappa shape index (κ2) is 9.08. The van der Waals surface area contributed by atoms with Gasteiger partial charge in [0, 0.05) is 22.3 Å². The van der Waals surface area contributed by atoms with Crippen molar-refractivity contribution < 1.29 is 5.11 Å². The first kappa shape index (κ1) is 21.7. The van der Waals surface area contributed by atoms with Crippen LogP contribution >= 0.6 is 0 Å². The van der Waals surface area contributed by atoms with Crippen LogP contribution in [0.25, 0.3) is 50.2 Å². The zero-order chi connectivity index (χ0) is 24.5. The predicted octanol–water partition coefficient (Wildman–Crippen LogP) is 7.63. The van der Waals surface area contributed by atoms with Gasteiger partial charge in [0.25, 0.3) is 0 Å². The fraction of sp³-hybridized carbons (Fsp3) is 0.0312. The van der Waals surface area contributed by atoms with Crippen LogP contribution in [0.15, 0.2) is 121 Å². The van der Waals surface area contributed by atoms with E-state index < -0.39 is 0 Å². The predicted molar refractivity (Wildman–Crippen MR) is 146 cm³/mol. The number of aromatic hydroxyl groups is 1. The van der Waals surface area contributed by atoms with E-state index in [4.69, 9.17) is 15.0 Å². The largest absolute Gasteiger partial charge is 0.507 e. The SMILES string of the molecule is C=C1CC=CC=C1c1nc(-c2ccccc2)nc(-c2ccc(-c3c(O)ccc4ccccc34)cc2)n1. The highest BCUT2D eigenvalue weighted by Gasteiger charge is 2.17. The van der Waals surface area contributed by atoms with E-state index in [1.807, 2.05) is 97.1 Å². The lowest BCUT2D eigenvalue weighted by Crippen LogP contribution is -2.04. The van der Waals surface area contributed by atoms with Gasteiger partial charge in [-0.25, -0.2) is 15.0 Å². The van der Waals surface area contributed by atoms with Crippen molar-refractivity contribution in [1.29, 1.82) is 0 Å². The second-order valence-electron chi connectivity index (χ2n) is 8.75. The minimum atomic E-state index is 0.256. The summed E-state index contributed by atoms with van der Waals surface area (Å²) in [4.78, 5) is 14.5. The summed E-state index contributed by atoms with van der Waals surface area (Å²) in [6, 6.07) is 29.7. The number of benzene rings is 4. The molecule has 5 aromatic rings. The average Bonchev–Trinajstić information content (AvgIpc) is 2.94. The molecule has 0 spiro atoms. The molecule has 1 aliphatic carbocycles. The van der Waals surface area contributed by atoms with E-state index in [0.717, 1.165) is 50.6 Å². The molecule has 1 heterocycles.